The van der Waals surface area contributed by atoms with Crippen LogP contribution in [-0.2, 0) is 11.3 Å². The van der Waals surface area contributed by atoms with E-state index in [9.17, 15) is 4.79 Å². The third kappa shape index (κ3) is 2.52. The van der Waals surface area contributed by atoms with Crippen LogP contribution in [0.3, 0.4) is 0 Å². The molecule has 4 rings (SSSR count). The molecule has 24 heavy (non-hydrogen) atoms. The number of likely N-dealkylation sites (tertiary alicyclic amines) is 1. The van der Waals surface area contributed by atoms with Gasteiger partial charge < -0.3 is 14.4 Å². The van der Waals surface area contributed by atoms with Gasteiger partial charge in [0.15, 0.2) is 11.5 Å². The lowest BCUT2D eigenvalue weighted by Gasteiger charge is -2.25. The first-order valence-electron chi connectivity index (χ1n) is 8.29. The Balaban J connectivity index is 1.68. The average Bonchev–Trinajstić information content (AvgIpc) is 3.13. The molecule has 2 aliphatic rings. The molecule has 0 aliphatic carbocycles. The summed E-state index contributed by atoms with van der Waals surface area (Å²) in [6.45, 7) is 4.95. The Morgan fingerprint density at radius 3 is 2.62 bits per heavy atom. The Morgan fingerprint density at radius 1 is 1.08 bits per heavy atom. The number of benzene rings is 2. The van der Waals surface area contributed by atoms with E-state index in [0.717, 1.165) is 29.0 Å². The molecule has 0 unspecified atom stereocenters. The van der Waals surface area contributed by atoms with E-state index in [2.05, 4.69) is 12.1 Å². The number of carbonyl (C=O) groups is 1. The SMILES string of the molecule is CC1(C)C[C@H](c2ccc3c(c2)OCO3)N(Cc2ccccc2)C1=O. The Bertz CT molecular complexity index is 770. The van der Waals surface area contributed by atoms with Crippen LogP contribution >= 0.6 is 0 Å². The van der Waals surface area contributed by atoms with Gasteiger partial charge in [-0.2, -0.15) is 0 Å². The first-order chi connectivity index (χ1) is 11.5. The minimum absolute atomic E-state index is 0.0576. The van der Waals surface area contributed by atoms with Crippen LogP contribution in [0.25, 0.3) is 0 Å². The highest BCUT2D eigenvalue weighted by Crippen LogP contribution is 2.46. The lowest BCUT2D eigenvalue weighted by molar-refractivity contribution is -0.136. The maximum atomic E-state index is 12.9. The first-order valence-corrected chi connectivity index (χ1v) is 8.29. The lowest BCUT2D eigenvalue weighted by atomic mass is 9.88. The summed E-state index contributed by atoms with van der Waals surface area (Å²) in [5.74, 6) is 1.75. The van der Waals surface area contributed by atoms with Crippen LogP contribution in [0.5, 0.6) is 11.5 Å². The van der Waals surface area contributed by atoms with Gasteiger partial charge in [-0.15, -0.1) is 0 Å². The first kappa shape index (κ1) is 15.1. The molecular formula is C20H21NO3. The smallest absolute Gasteiger partial charge is 0.231 e. The number of rotatable bonds is 3. The maximum Gasteiger partial charge on any atom is 0.231 e. The second-order valence-electron chi connectivity index (χ2n) is 7.14. The molecule has 2 heterocycles. The Kier molecular flexibility index (Phi) is 3.48. The molecule has 0 bridgehead atoms. The fourth-order valence-electron chi connectivity index (χ4n) is 3.59. The molecule has 1 fully saturated rings. The molecule has 0 radical (unpaired) electrons. The zero-order valence-corrected chi connectivity index (χ0v) is 14.0. The molecular weight excluding hydrogens is 302 g/mol. The van der Waals surface area contributed by atoms with Crippen molar-refractivity contribution in [2.24, 2.45) is 5.41 Å². The van der Waals surface area contributed by atoms with Crippen molar-refractivity contribution in [3.63, 3.8) is 0 Å². The summed E-state index contributed by atoms with van der Waals surface area (Å²) in [4.78, 5) is 14.9. The monoisotopic (exact) mass is 323 g/mol. The summed E-state index contributed by atoms with van der Waals surface area (Å²) in [7, 11) is 0. The van der Waals surface area contributed by atoms with Gasteiger partial charge in [0.1, 0.15) is 0 Å². The van der Waals surface area contributed by atoms with Crippen LogP contribution in [-0.4, -0.2) is 17.6 Å². The Hall–Kier alpha value is -2.49. The number of ether oxygens (including phenoxy) is 2. The van der Waals surface area contributed by atoms with E-state index in [4.69, 9.17) is 9.47 Å². The molecule has 2 aromatic carbocycles. The summed E-state index contributed by atoms with van der Waals surface area (Å²) >= 11 is 0. The van der Waals surface area contributed by atoms with Crippen molar-refractivity contribution < 1.29 is 14.3 Å². The van der Waals surface area contributed by atoms with Crippen LogP contribution in [0.15, 0.2) is 48.5 Å². The molecule has 2 aromatic rings. The van der Waals surface area contributed by atoms with Crippen molar-refractivity contribution >= 4 is 5.91 Å². The molecule has 0 spiro atoms. The van der Waals surface area contributed by atoms with E-state index >= 15 is 0 Å². The van der Waals surface area contributed by atoms with Gasteiger partial charge in [0.2, 0.25) is 12.7 Å². The fraction of sp³-hybridized carbons (Fsp3) is 0.350. The lowest BCUT2D eigenvalue weighted by Crippen LogP contribution is -2.31. The number of amides is 1. The fourth-order valence-corrected chi connectivity index (χ4v) is 3.59. The highest BCUT2D eigenvalue weighted by Gasteiger charge is 2.45. The van der Waals surface area contributed by atoms with E-state index in [-0.39, 0.29) is 24.2 Å². The molecule has 0 aromatic heterocycles. The predicted octanol–water partition coefficient (Wildman–Crippen LogP) is 3.92. The second-order valence-corrected chi connectivity index (χ2v) is 7.14. The van der Waals surface area contributed by atoms with Crippen LogP contribution in [0, 0.1) is 5.41 Å². The molecule has 1 saturated heterocycles. The van der Waals surface area contributed by atoms with Crippen LogP contribution in [0.4, 0.5) is 0 Å². The van der Waals surface area contributed by atoms with Crippen LogP contribution < -0.4 is 9.47 Å². The minimum atomic E-state index is -0.351. The van der Waals surface area contributed by atoms with Crippen LogP contribution in [0.2, 0.25) is 0 Å². The predicted molar refractivity (Wildman–Crippen MR) is 90.7 cm³/mol. The molecule has 0 saturated carbocycles. The standard InChI is InChI=1S/C20H21NO3/c1-20(2)11-16(15-8-9-17-18(10-15)24-13-23-17)21(19(20)22)12-14-6-4-3-5-7-14/h3-10,16H,11-13H2,1-2H3/t16-/m1/s1. The van der Waals surface area contributed by atoms with Gasteiger partial charge in [-0.1, -0.05) is 50.2 Å². The van der Waals surface area contributed by atoms with Gasteiger partial charge in [-0.25, -0.2) is 0 Å². The molecule has 1 amide bonds. The van der Waals surface area contributed by atoms with Gasteiger partial charge in [-0.05, 0) is 29.7 Å². The van der Waals surface area contributed by atoms with Crippen molar-refractivity contribution in [1.82, 2.24) is 4.90 Å². The van der Waals surface area contributed by atoms with Crippen molar-refractivity contribution in [1.29, 1.82) is 0 Å². The van der Waals surface area contributed by atoms with E-state index in [1.807, 2.05) is 55.1 Å². The summed E-state index contributed by atoms with van der Waals surface area (Å²) in [5, 5.41) is 0. The highest BCUT2D eigenvalue weighted by atomic mass is 16.7. The summed E-state index contributed by atoms with van der Waals surface area (Å²) in [6, 6.07) is 16.2. The van der Waals surface area contributed by atoms with Crippen molar-refractivity contribution in [2.45, 2.75) is 32.9 Å². The van der Waals surface area contributed by atoms with Crippen molar-refractivity contribution in [3.8, 4) is 11.5 Å². The number of fused-ring (bicyclic) bond motifs is 1. The Morgan fingerprint density at radius 2 is 1.83 bits per heavy atom. The molecule has 4 nitrogen and oxygen atoms in total. The largest absolute Gasteiger partial charge is 0.454 e. The number of nitrogens with zero attached hydrogens (tertiary/aromatic N) is 1. The summed E-state index contributed by atoms with van der Waals surface area (Å²) in [6.07, 6.45) is 0.804. The molecule has 2 aliphatic heterocycles. The summed E-state index contributed by atoms with van der Waals surface area (Å²) < 4.78 is 10.9. The quantitative estimate of drug-likeness (QED) is 0.859. The average molecular weight is 323 g/mol. The molecule has 1 atom stereocenters. The van der Waals surface area contributed by atoms with Gasteiger partial charge in [0, 0.05) is 12.0 Å². The normalized spacial score (nSPS) is 21.3. The topological polar surface area (TPSA) is 38.8 Å². The third-order valence-corrected chi connectivity index (χ3v) is 4.90. The van der Waals surface area contributed by atoms with Gasteiger partial charge >= 0.3 is 0 Å². The maximum absolute atomic E-state index is 12.9. The van der Waals surface area contributed by atoms with Crippen molar-refractivity contribution in [3.05, 3.63) is 59.7 Å². The zero-order chi connectivity index (χ0) is 16.7. The highest BCUT2D eigenvalue weighted by molar-refractivity contribution is 5.85. The second kappa shape index (κ2) is 5.55. The van der Waals surface area contributed by atoms with Crippen molar-refractivity contribution in [2.75, 3.05) is 6.79 Å². The number of hydrogen-bond acceptors (Lipinski definition) is 3. The minimum Gasteiger partial charge on any atom is -0.454 e. The number of carbonyl (C=O) groups excluding carboxylic acids is 1. The van der Waals surface area contributed by atoms with E-state index < -0.39 is 0 Å². The zero-order valence-electron chi connectivity index (χ0n) is 14.0. The van der Waals surface area contributed by atoms with Gasteiger partial charge in [0.25, 0.3) is 0 Å². The molecule has 4 heteroatoms. The third-order valence-electron chi connectivity index (χ3n) is 4.90. The molecule has 124 valence electrons. The summed E-state index contributed by atoms with van der Waals surface area (Å²) in [5.41, 5.74) is 1.90. The van der Waals surface area contributed by atoms with Crippen LogP contribution in [0.1, 0.15) is 37.4 Å². The van der Waals surface area contributed by atoms with E-state index in [0.29, 0.717) is 6.54 Å². The van der Waals surface area contributed by atoms with Gasteiger partial charge in [-0.3, -0.25) is 4.79 Å². The Labute approximate surface area is 142 Å². The van der Waals surface area contributed by atoms with Gasteiger partial charge in [0.05, 0.1) is 6.04 Å². The number of hydrogen-bond donors (Lipinski definition) is 0. The van der Waals surface area contributed by atoms with E-state index in [1.165, 1.54) is 0 Å². The van der Waals surface area contributed by atoms with E-state index in [1.54, 1.807) is 0 Å². The molecule has 0 N–H and O–H groups in total.